The Morgan fingerprint density at radius 1 is 1.10 bits per heavy atom. The fraction of sp³-hybridized carbons (Fsp3) is 0.261. The number of aliphatic imine (C=N–C) groups is 1. The van der Waals surface area contributed by atoms with Crippen molar-refractivity contribution in [2.45, 2.75) is 25.9 Å². The van der Waals surface area contributed by atoms with Gasteiger partial charge in [-0.2, -0.15) is 0 Å². The van der Waals surface area contributed by atoms with Gasteiger partial charge in [-0.25, -0.2) is 4.98 Å². The van der Waals surface area contributed by atoms with E-state index in [0.717, 1.165) is 41.3 Å². The molecule has 7 heteroatoms. The lowest BCUT2D eigenvalue weighted by molar-refractivity contribution is -0.117. The number of H-pyrrole nitrogens is 1. The van der Waals surface area contributed by atoms with Crippen molar-refractivity contribution < 1.29 is 4.79 Å². The molecule has 2 heterocycles. The van der Waals surface area contributed by atoms with Crippen molar-refractivity contribution >= 4 is 17.6 Å². The van der Waals surface area contributed by atoms with Crippen molar-refractivity contribution in [3.63, 3.8) is 0 Å². The Morgan fingerprint density at radius 3 is 2.57 bits per heavy atom. The Bertz CT molecular complexity index is 1010. The highest BCUT2D eigenvalue weighted by molar-refractivity contribution is 5.95. The average Bonchev–Trinajstić information content (AvgIpc) is 3.44. The molecule has 0 radical (unpaired) electrons. The molecular formula is C23H26N6O. The van der Waals surface area contributed by atoms with E-state index in [0.29, 0.717) is 25.5 Å². The molecule has 0 saturated carbocycles. The minimum Gasteiger partial charge on any atom is -0.352 e. The van der Waals surface area contributed by atoms with E-state index in [1.54, 1.807) is 7.05 Å². The van der Waals surface area contributed by atoms with Crippen LogP contribution >= 0.6 is 0 Å². The van der Waals surface area contributed by atoms with Crippen LogP contribution in [0.1, 0.15) is 24.2 Å². The van der Waals surface area contributed by atoms with Gasteiger partial charge < -0.3 is 20.5 Å². The van der Waals surface area contributed by atoms with Crippen molar-refractivity contribution in [2.75, 3.05) is 18.5 Å². The minimum atomic E-state index is 0.207. The fourth-order valence-electron chi connectivity index (χ4n) is 3.51. The Hall–Kier alpha value is -3.61. The number of carbonyl (C=O) groups is 1. The fourth-order valence-corrected chi connectivity index (χ4v) is 3.51. The van der Waals surface area contributed by atoms with Crippen LogP contribution in [0.4, 0.5) is 5.69 Å². The maximum absolute atomic E-state index is 11.9. The van der Waals surface area contributed by atoms with E-state index in [-0.39, 0.29) is 5.91 Å². The third-order valence-electron chi connectivity index (χ3n) is 5.14. The van der Waals surface area contributed by atoms with E-state index in [1.807, 2.05) is 53.6 Å². The van der Waals surface area contributed by atoms with Gasteiger partial charge in [-0.1, -0.05) is 42.5 Å². The summed E-state index contributed by atoms with van der Waals surface area (Å²) in [5.74, 6) is 1.75. The largest absolute Gasteiger partial charge is 0.352 e. The quantitative estimate of drug-likeness (QED) is 0.437. The summed E-state index contributed by atoms with van der Waals surface area (Å²) in [4.78, 5) is 25.8. The smallest absolute Gasteiger partial charge is 0.227 e. The van der Waals surface area contributed by atoms with E-state index >= 15 is 0 Å². The van der Waals surface area contributed by atoms with Crippen LogP contribution in [0.25, 0.3) is 11.3 Å². The van der Waals surface area contributed by atoms with Crippen molar-refractivity contribution in [1.82, 2.24) is 20.6 Å². The van der Waals surface area contributed by atoms with E-state index in [4.69, 9.17) is 0 Å². The molecule has 0 spiro atoms. The van der Waals surface area contributed by atoms with Crippen LogP contribution in [0.15, 0.2) is 65.8 Å². The predicted molar refractivity (Wildman–Crippen MR) is 119 cm³/mol. The molecule has 1 aliphatic rings. The van der Waals surface area contributed by atoms with Crippen LogP contribution < -0.4 is 15.5 Å². The summed E-state index contributed by atoms with van der Waals surface area (Å²) < 4.78 is 0. The van der Waals surface area contributed by atoms with Crippen LogP contribution in [-0.4, -0.2) is 35.4 Å². The topological polar surface area (TPSA) is 85.4 Å². The molecule has 0 atom stereocenters. The highest BCUT2D eigenvalue weighted by Gasteiger charge is 2.21. The number of amides is 1. The zero-order valence-electron chi connectivity index (χ0n) is 17.1. The summed E-state index contributed by atoms with van der Waals surface area (Å²) in [7, 11) is 1.74. The Labute approximate surface area is 176 Å². The first kappa shape index (κ1) is 19.7. The molecule has 2 aromatic carbocycles. The molecule has 1 saturated heterocycles. The number of nitrogens with zero attached hydrogens (tertiary/aromatic N) is 3. The van der Waals surface area contributed by atoms with Gasteiger partial charge in [-0.3, -0.25) is 9.79 Å². The number of aromatic amines is 1. The zero-order chi connectivity index (χ0) is 20.8. The Morgan fingerprint density at radius 2 is 1.87 bits per heavy atom. The van der Waals surface area contributed by atoms with Crippen LogP contribution in [0, 0.1) is 0 Å². The number of guanidine groups is 1. The Balaban J connectivity index is 1.28. The molecule has 1 aromatic heterocycles. The van der Waals surface area contributed by atoms with Crippen molar-refractivity contribution in [3.8, 4) is 11.3 Å². The van der Waals surface area contributed by atoms with E-state index in [2.05, 4.69) is 37.7 Å². The maximum atomic E-state index is 11.9. The predicted octanol–water partition coefficient (Wildman–Crippen LogP) is 3.07. The summed E-state index contributed by atoms with van der Waals surface area (Å²) in [6.07, 6.45) is 3.43. The number of carbonyl (C=O) groups excluding carboxylic acids is 1. The lowest BCUT2D eigenvalue weighted by Crippen LogP contribution is -2.36. The highest BCUT2D eigenvalue weighted by Crippen LogP contribution is 2.21. The second kappa shape index (κ2) is 9.26. The van der Waals surface area contributed by atoms with Gasteiger partial charge in [0, 0.05) is 32.2 Å². The molecule has 30 heavy (non-hydrogen) atoms. The SMILES string of the molecule is CN=C(NCc1ccc(N2CCCC2=O)cc1)NCc1ncc(-c2ccccc2)[nH]1. The first-order chi connectivity index (χ1) is 14.7. The van der Waals surface area contributed by atoms with Gasteiger partial charge in [0.2, 0.25) is 5.91 Å². The summed E-state index contributed by atoms with van der Waals surface area (Å²) >= 11 is 0. The van der Waals surface area contributed by atoms with Crippen LogP contribution in [-0.2, 0) is 17.9 Å². The van der Waals surface area contributed by atoms with Gasteiger partial charge in [0.15, 0.2) is 5.96 Å². The number of anilines is 1. The molecule has 1 fully saturated rings. The maximum Gasteiger partial charge on any atom is 0.227 e. The molecule has 4 rings (SSSR count). The average molecular weight is 403 g/mol. The molecule has 0 bridgehead atoms. The number of nitrogens with one attached hydrogen (secondary N) is 3. The number of benzene rings is 2. The van der Waals surface area contributed by atoms with E-state index < -0.39 is 0 Å². The molecule has 0 unspecified atom stereocenters. The number of aromatic nitrogens is 2. The van der Waals surface area contributed by atoms with Gasteiger partial charge in [-0.05, 0) is 29.7 Å². The molecular weight excluding hydrogens is 376 g/mol. The van der Waals surface area contributed by atoms with E-state index in [1.165, 1.54) is 0 Å². The summed E-state index contributed by atoms with van der Waals surface area (Å²) in [6, 6.07) is 18.2. The zero-order valence-corrected chi connectivity index (χ0v) is 17.1. The number of rotatable bonds is 6. The number of hydrogen-bond donors (Lipinski definition) is 3. The van der Waals surface area contributed by atoms with Gasteiger partial charge in [0.25, 0.3) is 0 Å². The van der Waals surface area contributed by atoms with Gasteiger partial charge in [-0.15, -0.1) is 0 Å². The van der Waals surface area contributed by atoms with Crippen LogP contribution in [0.3, 0.4) is 0 Å². The molecule has 3 aromatic rings. The molecule has 154 valence electrons. The first-order valence-corrected chi connectivity index (χ1v) is 10.2. The highest BCUT2D eigenvalue weighted by atomic mass is 16.2. The monoisotopic (exact) mass is 402 g/mol. The summed E-state index contributed by atoms with van der Waals surface area (Å²) in [5.41, 5.74) is 4.19. The van der Waals surface area contributed by atoms with Crippen LogP contribution in [0.2, 0.25) is 0 Å². The normalized spacial score (nSPS) is 14.2. The summed E-state index contributed by atoms with van der Waals surface area (Å²) in [6.45, 7) is 2.00. The number of hydrogen-bond acceptors (Lipinski definition) is 3. The van der Waals surface area contributed by atoms with E-state index in [9.17, 15) is 4.79 Å². The van der Waals surface area contributed by atoms with Gasteiger partial charge >= 0.3 is 0 Å². The minimum absolute atomic E-state index is 0.207. The van der Waals surface area contributed by atoms with Crippen molar-refractivity contribution in [2.24, 2.45) is 4.99 Å². The molecule has 1 aliphatic heterocycles. The lowest BCUT2D eigenvalue weighted by Gasteiger charge is -2.16. The van der Waals surface area contributed by atoms with Gasteiger partial charge in [0.1, 0.15) is 5.82 Å². The standard InChI is InChI=1S/C23H26N6O/c1-24-23(27-16-21-25-15-20(28-21)18-6-3-2-4-7-18)26-14-17-9-11-19(12-10-17)29-13-5-8-22(29)30/h2-4,6-7,9-12,15H,5,8,13-14,16H2,1H3,(H,25,28)(H2,24,26,27). The third-order valence-corrected chi connectivity index (χ3v) is 5.14. The second-order valence-electron chi connectivity index (χ2n) is 7.20. The molecule has 7 nitrogen and oxygen atoms in total. The second-order valence-corrected chi connectivity index (χ2v) is 7.20. The number of imidazole rings is 1. The van der Waals surface area contributed by atoms with Gasteiger partial charge in [0.05, 0.1) is 18.4 Å². The Kier molecular flexibility index (Phi) is 6.08. The van der Waals surface area contributed by atoms with Crippen molar-refractivity contribution in [1.29, 1.82) is 0 Å². The van der Waals surface area contributed by atoms with Crippen LogP contribution in [0.5, 0.6) is 0 Å². The molecule has 0 aliphatic carbocycles. The first-order valence-electron chi connectivity index (χ1n) is 10.2. The molecule has 1 amide bonds. The van der Waals surface area contributed by atoms with Crippen molar-refractivity contribution in [3.05, 3.63) is 72.2 Å². The molecule has 3 N–H and O–H groups in total. The summed E-state index contributed by atoms with van der Waals surface area (Å²) in [5, 5.41) is 6.58. The third kappa shape index (κ3) is 4.68. The lowest BCUT2D eigenvalue weighted by atomic mass is 10.2.